The van der Waals surface area contributed by atoms with E-state index in [9.17, 15) is 0 Å². The number of rotatable bonds is 6. The summed E-state index contributed by atoms with van der Waals surface area (Å²) in [6.07, 6.45) is 6.50. The predicted octanol–water partition coefficient (Wildman–Crippen LogP) is 5.32. The Labute approximate surface area is 137 Å². The van der Waals surface area contributed by atoms with Crippen LogP contribution in [0.1, 0.15) is 57.6 Å². The summed E-state index contributed by atoms with van der Waals surface area (Å²) in [6, 6.07) is 6.77. The second kappa shape index (κ2) is 8.19. The van der Waals surface area contributed by atoms with Gasteiger partial charge in [-0.2, -0.15) is 0 Å². The average Bonchev–Trinajstić information content (AvgIpc) is 2.49. The van der Waals surface area contributed by atoms with Gasteiger partial charge < -0.3 is 10.1 Å². The number of halogens is 1. The third kappa shape index (κ3) is 4.46. The Morgan fingerprint density at radius 3 is 2.62 bits per heavy atom. The number of nitrogens with one attached hydrogen (secondary N) is 1. The lowest BCUT2D eigenvalue weighted by Crippen LogP contribution is -2.31. The first-order valence-electron chi connectivity index (χ1n) is 8.22. The minimum Gasteiger partial charge on any atom is -0.496 e. The van der Waals surface area contributed by atoms with Gasteiger partial charge in [-0.05, 0) is 55.8 Å². The van der Waals surface area contributed by atoms with Crippen molar-refractivity contribution in [1.29, 1.82) is 0 Å². The lowest BCUT2D eigenvalue weighted by molar-refractivity contribution is 0.228. The molecule has 1 atom stereocenters. The summed E-state index contributed by atoms with van der Waals surface area (Å²) >= 11 is 3.61. The van der Waals surface area contributed by atoms with Crippen LogP contribution in [0.15, 0.2) is 22.7 Å². The van der Waals surface area contributed by atoms with E-state index in [0.29, 0.717) is 6.04 Å². The molecule has 0 radical (unpaired) electrons. The maximum absolute atomic E-state index is 5.61. The number of hydrogen-bond acceptors (Lipinski definition) is 2. The Bertz CT molecular complexity index is 441. The smallest absolute Gasteiger partial charge is 0.123 e. The quantitative estimate of drug-likeness (QED) is 0.746. The molecule has 0 aliphatic heterocycles. The first kappa shape index (κ1) is 16.8. The molecule has 0 aromatic heterocycles. The molecule has 0 spiro atoms. The largest absolute Gasteiger partial charge is 0.496 e. The zero-order valence-electron chi connectivity index (χ0n) is 13.5. The molecule has 118 valence electrons. The number of methoxy groups -OCH3 is 1. The molecule has 1 fully saturated rings. The molecule has 0 saturated heterocycles. The van der Waals surface area contributed by atoms with E-state index < -0.39 is 0 Å². The van der Waals surface area contributed by atoms with E-state index in [-0.39, 0.29) is 0 Å². The van der Waals surface area contributed by atoms with Crippen molar-refractivity contribution in [1.82, 2.24) is 5.32 Å². The Morgan fingerprint density at radius 1 is 1.29 bits per heavy atom. The molecule has 1 N–H and O–H groups in total. The predicted molar refractivity (Wildman–Crippen MR) is 92.9 cm³/mol. The van der Waals surface area contributed by atoms with Gasteiger partial charge >= 0.3 is 0 Å². The van der Waals surface area contributed by atoms with Crippen LogP contribution in [0.3, 0.4) is 0 Å². The summed E-state index contributed by atoms with van der Waals surface area (Å²) < 4.78 is 6.74. The van der Waals surface area contributed by atoms with Crippen molar-refractivity contribution >= 4 is 15.9 Å². The molecule has 0 heterocycles. The minimum atomic E-state index is 0.407. The van der Waals surface area contributed by atoms with E-state index >= 15 is 0 Å². The average molecular weight is 354 g/mol. The van der Waals surface area contributed by atoms with E-state index in [0.717, 1.165) is 35.0 Å². The van der Waals surface area contributed by atoms with E-state index in [1.54, 1.807) is 7.11 Å². The van der Waals surface area contributed by atoms with Crippen LogP contribution < -0.4 is 10.1 Å². The molecule has 3 heteroatoms. The monoisotopic (exact) mass is 353 g/mol. The molecule has 2 rings (SSSR count). The molecule has 1 aromatic rings. The summed E-state index contributed by atoms with van der Waals surface area (Å²) in [5.41, 5.74) is 1.31. The third-order valence-electron chi connectivity index (χ3n) is 4.67. The zero-order valence-corrected chi connectivity index (χ0v) is 15.1. The van der Waals surface area contributed by atoms with Crippen LogP contribution in [-0.4, -0.2) is 13.7 Å². The third-order valence-corrected chi connectivity index (χ3v) is 5.17. The van der Waals surface area contributed by atoms with Crippen LogP contribution >= 0.6 is 15.9 Å². The van der Waals surface area contributed by atoms with Gasteiger partial charge in [0, 0.05) is 16.1 Å². The molecule has 0 bridgehead atoms. The van der Waals surface area contributed by atoms with E-state index in [1.165, 1.54) is 31.2 Å². The highest BCUT2D eigenvalue weighted by Crippen LogP contribution is 2.40. The fraction of sp³-hybridized carbons (Fsp3) is 0.667. The van der Waals surface area contributed by atoms with Gasteiger partial charge in [-0.1, -0.05) is 42.6 Å². The summed E-state index contributed by atoms with van der Waals surface area (Å²) in [4.78, 5) is 0. The van der Waals surface area contributed by atoms with Gasteiger partial charge in [0.05, 0.1) is 7.11 Å². The fourth-order valence-corrected chi connectivity index (χ4v) is 3.78. The molecule has 0 amide bonds. The number of ether oxygens (including phenoxy) is 1. The van der Waals surface area contributed by atoms with Crippen molar-refractivity contribution in [3.8, 4) is 5.75 Å². The van der Waals surface area contributed by atoms with Gasteiger partial charge in [0.15, 0.2) is 0 Å². The SMILES string of the molecule is CCCNC(c1cc(Br)ccc1OC)C1CCC(C)CC1. The maximum atomic E-state index is 5.61. The van der Waals surface area contributed by atoms with E-state index in [1.807, 2.05) is 0 Å². The van der Waals surface area contributed by atoms with Crippen molar-refractivity contribution in [2.45, 2.75) is 52.0 Å². The minimum absolute atomic E-state index is 0.407. The van der Waals surface area contributed by atoms with Crippen molar-refractivity contribution in [2.75, 3.05) is 13.7 Å². The van der Waals surface area contributed by atoms with Gasteiger partial charge in [0.1, 0.15) is 5.75 Å². The van der Waals surface area contributed by atoms with Crippen molar-refractivity contribution in [2.24, 2.45) is 11.8 Å². The highest BCUT2D eigenvalue weighted by atomic mass is 79.9. The topological polar surface area (TPSA) is 21.3 Å². The van der Waals surface area contributed by atoms with E-state index in [2.05, 4.69) is 53.3 Å². The first-order valence-corrected chi connectivity index (χ1v) is 9.01. The second-order valence-corrected chi connectivity index (χ2v) is 7.25. The second-order valence-electron chi connectivity index (χ2n) is 6.34. The summed E-state index contributed by atoms with van der Waals surface area (Å²) in [5.74, 6) is 2.61. The fourth-order valence-electron chi connectivity index (χ4n) is 3.40. The number of benzene rings is 1. The van der Waals surface area contributed by atoms with Crippen LogP contribution in [-0.2, 0) is 0 Å². The summed E-state index contributed by atoms with van der Waals surface area (Å²) in [6.45, 7) is 5.67. The van der Waals surface area contributed by atoms with Gasteiger partial charge in [0.25, 0.3) is 0 Å². The molecule has 1 aromatic carbocycles. The van der Waals surface area contributed by atoms with Gasteiger partial charge in [0.2, 0.25) is 0 Å². The molecule has 1 unspecified atom stereocenters. The Morgan fingerprint density at radius 2 is 2.00 bits per heavy atom. The zero-order chi connectivity index (χ0) is 15.2. The Kier molecular flexibility index (Phi) is 6.56. The first-order chi connectivity index (χ1) is 10.2. The van der Waals surface area contributed by atoms with Crippen molar-refractivity contribution < 1.29 is 4.74 Å². The van der Waals surface area contributed by atoms with Crippen LogP contribution in [0.25, 0.3) is 0 Å². The lowest BCUT2D eigenvalue weighted by atomic mass is 9.77. The van der Waals surface area contributed by atoms with Gasteiger partial charge in [-0.3, -0.25) is 0 Å². The highest BCUT2D eigenvalue weighted by molar-refractivity contribution is 9.10. The maximum Gasteiger partial charge on any atom is 0.123 e. The normalized spacial score (nSPS) is 23.8. The molecular formula is C18H28BrNO. The van der Waals surface area contributed by atoms with Crippen LogP contribution in [0.2, 0.25) is 0 Å². The summed E-state index contributed by atoms with van der Waals surface area (Å²) in [5, 5.41) is 3.77. The Balaban J connectivity index is 2.24. The molecule has 1 aliphatic carbocycles. The van der Waals surface area contributed by atoms with Crippen molar-refractivity contribution in [3.05, 3.63) is 28.2 Å². The van der Waals surface area contributed by atoms with Crippen LogP contribution in [0, 0.1) is 11.8 Å². The molecule has 1 saturated carbocycles. The lowest BCUT2D eigenvalue weighted by Gasteiger charge is -2.34. The standard InChI is InChI=1S/C18H28BrNO/c1-4-11-20-18(14-7-5-13(2)6-8-14)16-12-15(19)9-10-17(16)21-3/h9-10,12-14,18,20H,4-8,11H2,1-3H3. The van der Waals surface area contributed by atoms with Crippen LogP contribution in [0.5, 0.6) is 5.75 Å². The van der Waals surface area contributed by atoms with Crippen molar-refractivity contribution in [3.63, 3.8) is 0 Å². The molecular weight excluding hydrogens is 326 g/mol. The Hall–Kier alpha value is -0.540. The highest BCUT2D eigenvalue weighted by Gasteiger charge is 2.28. The molecule has 2 nitrogen and oxygen atoms in total. The molecule has 1 aliphatic rings. The van der Waals surface area contributed by atoms with Gasteiger partial charge in [-0.25, -0.2) is 0 Å². The number of hydrogen-bond donors (Lipinski definition) is 1. The van der Waals surface area contributed by atoms with E-state index in [4.69, 9.17) is 4.74 Å². The molecule has 21 heavy (non-hydrogen) atoms. The summed E-state index contributed by atoms with van der Waals surface area (Å²) in [7, 11) is 1.77. The van der Waals surface area contributed by atoms with Gasteiger partial charge in [-0.15, -0.1) is 0 Å². The van der Waals surface area contributed by atoms with Crippen LogP contribution in [0.4, 0.5) is 0 Å².